The van der Waals surface area contributed by atoms with Crippen LogP contribution in [-0.2, 0) is 4.79 Å². The highest BCUT2D eigenvalue weighted by molar-refractivity contribution is 5.70. The van der Waals surface area contributed by atoms with Crippen LogP contribution in [0.3, 0.4) is 0 Å². The van der Waals surface area contributed by atoms with Gasteiger partial charge >= 0.3 is 5.97 Å². The Kier molecular flexibility index (Phi) is 3.74. The number of aliphatic carboxylic acids is 1. The SMILES string of the molecule is Cc1nnc(NCC2CCCC2C(=O)O)nc1C. The van der Waals surface area contributed by atoms with E-state index in [9.17, 15) is 4.79 Å². The summed E-state index contributed by atoms with van der Waals surface area (Å²) in [7, 11) is 0. The molecule has 2 unspecified atom stereocenters. The van der Waals surface area contributed by atoms with Gasteiger partial charge in [-0.1, -0.05) is 6.42 Å². The minimum atomic E-state index is -0.696. The van der Waals surface area contributed by atoms with Crippen molar-refractivity contribution in [1.82, 2.24) is 15.2 Å². The molecule has 1 heterocycles. The number of carbonyl (C=O) groups is 1. The Labute approximate surface area is 106 Å². The monoisotopic (exact) mass is 250 g/mol. The van der Waals surface area contributed by atoms with Gasteiger partial charge in [0.15, 0.2) is 0 Å². The normalized spacial score (nSPS) is 23.0. The largest absolute Gasteiger partial charge is 0.481 e. The zero-order chi connectivity index (χ0) is 13.1. The molecular weight excluding hydrogens is 232 g/mol. The third kappa shape index (κ3) is 2.75. The Hall–Kier alpha value is -1.72. The lowest BCUT2D eigenvalue weighted by Crippen LogP contribution is -2.25. The van der Waals surface area contributed by atoms with Gasteiger partial charge in [-0.2, -0.15) is 5.10 Å². The van der Waals surface area contributed by atoms with Gasteiger partial charge in [0.1, 0.15) is 0 Å². The van der Waals surface area contributed by atoms with Crippen LogP contribution in [0.4, 0.5) is 5.95 Å². The minimum Gasteiger partial charge on any atom is -0.481 e. The van der Waals surface area contributed by atoms with Gasteiger partial charge in [-0.3, -0.25) is 4.79 Å². The second-order valence-electron chi connectivity index (χ2n) is 4.82. The molecule has 2 atom stereocenters. The molecule has 1 aromatic rings. The standard InChI is InChI=1S/C12H18N4O2/c1-7-8(2)15-16-12(14-7)13-6-9-4-3-5-10(9)11(17)18/h9-10H,3-6H2,1-2H3,(H,17,18)(H,13,14,16). The first-order valence-corrected chi connectivity index (χ1v) is 6.22. The summed E-state index contributed by atoms with van der Waals surface area (Å²) in [5.74, 6) is -0.294. The van der Waals surface area contributed by atoms with Crippen LogP contribution in [0.25, 0.3) is 0 Å². The van der Waals surface area contributed by atoms with Crippen LogP contribution in [0, 0.1) is 25.7 Å². The summed E-state index contributed by atoms with van der Waals surface area (Å²) in [6, 6.07) is 0. The van der Waals surface area contributed by atoms with E-state index >= 15 is 0 Å². The van der Waals surface area contributed by atoms with Crippen molar-refractivity contribution in [2.24, 2.45) is 11.8 Å². The van der Waals surface area contributed by atoms with E-state index in [4.69, 9.17) is 5.11 Å². The van der Waals surface area contributed by atoms with Crippen molar-refractivity contribution in [2.75, 3.05) is 11.9 Å². The van der Waals surface area contributed by atoms with Crippen molar-refractivity contribution < 1.29 is 9.90 Å². The predicted molar refractivity (Wildman–Crippen MR) is 66.3 cm³/mol. The molecule has 2 rings (SSSR count). The summed E-state index contributed by atoms with van der Waals surface area (Å²) in [4.78, 5) is 15.3. The van der Waals surface area contributed by atoms with Crippen LogP contribution in [-0.4, -0.2) is 32.8 Å². The van der Waals surface area contributed by atoms with Crippen molar-refractivity contribution in [2.45, 2.75) is 33.1 Å². The van der Waals surface area contributed by atoms with Gasteiger partial charge in [-0.15, -0.1) is 5.10 Å². The van der Waals surface area contributed by atoms with Crippen LogP contribution < -0.4 is 5.32 Å². The molecule has 6 heteroatoms. The van der Waals surface area contributed by atoms with Crippen molar-refractivity contribution in [1.29, 1.82) is 0 Å². The second kappa shape index (κ2) is 5.29. The number of carboxylic acid groups (broad SMARTS) is 1. The second-order valence-corrected chi connectivity index (χ2v) is 4.82. The van der Waals surface area contributed by atoms with Crippen LogP contribution in [0.5, 0.6) is 0 Å². The van der Waals surface area contributed by atoms with Gasteiger partial charge in [0.05, 0.1) is 17.3 Å². The Bertz CT molecular complexity index is 450. The third-order valence-electron chi connectivity index (χ3n) is 3.59. The maximum atomic E-state index is 11.1. The number of aromatic nitrogens is 3. The molecule has 0 aromatic carbocycles. The van der Waals surface area contributed by atoms with Gasteiger partial charge in [0.25, 0.3) is 0 Å². The van der Waals surface area contributed by atoms with E-state index in [-0.39, 0.29) is 11.8 Å². The van der Waals surface area contributed by atoms with E-state index in [2.05, 4.69) is 20.5 Å². The number of carboxylic acids is 1. The molecule has 0 saturated heterocycles. The van der Waals surface area contributed by atoms with Gasteiger partial charge in [0, 0.05) is 6.54 Å². The highest BCUT2D eigenvalue weighted by Crippen LogP contribution is 2.31. The van der Waals surface area contributed by atoms with Gasteiger partial charge in [0.2, 0.25) is 5.95 Å². The van der Waals surface area contributed by atoms with E-state index in [1.807, 2.05) is 13.8 Å². The first kappa shape index (κ1) is 12.7. The number of aryl methyl sites for hydroxylation is 2. The lowest BCUT2D eigenvalue weighted by Gasteiger charge is -2.16. The molecular formula is C12H18N4O2. The smallest absolute Gasteiger partial charge is 0.306 e. The summed E-state index contributed by atoms with van der Waals surface area (Å²) in [5.41, 5.74) is 1.65. The molecule has 0 amide bonds. The molecule has 1 saturated carbocycles. The molecule has 18 heavy (non-hydrogen) atoms. The van der Waals surface area contributed by atoms with Crippen LogP contribution >= 0.6 is 0 Å². The zero-order valence-electron chi connectivity index (χ0n) is 10.7. The fourth-order valence-electron chi connectivity index (χ4n) is 2.36. The Balaban J connectivity index is 1.94. The predicted octanol–water partition coefficient (Wildman–Crippen LogP) is 1.40. The van der Waals surface area contributed by atoms with E-state index in [1.165, 1.54) is 0 Å². The third-order valence-corrected chi connectivity index (χ3v) is 3.59. The molecule has 1 aliphatic rings. The number of nitrogens with zero attached hydrogens (tertiary/aromatic N) is 3. The molecule has 1 fully saturated rings. The molecule has 0 aliphatic heterocycles. The molecule has 0 spiro atoms. The summed E-state index contributed by atoms with van der Waals surface area (Å²) >= 11 is 0. The number of hydrogen-bond donors (Lipinski definition) is 2. The van der Waals surface area contributed by atoms with E-state index < -0.39 is 5.97 Å². The topological polar surface area (TPSA) is 88.0 Å². The maximum Gasteiger partial charge on any atom is 0.306 e. The fraction of sp³-hybridized carbons (Fsp3) is 0.667. The number of rotatable bonds is 4. The van der Waals surface area contributed by atoms with Crippen molar-refractivity contribution in [3.63, 3.8) is 0 Å². The van der Waals surface area contributed by atoms with Gasteiger partial charge in [-0.25, -0.2) is 4.98 Å². The molecule has 0 bridgehead atoms. The fourth-order valence-corrected chi connectivity index (χ4v) is 2.36. The summed E-state index contributed by atoms with van der Waals surface area (Å²) in [6.45, 7) is 4.34. The summed E-state index contributed by atoms with van der Waals surface area (Å²) < 4.78 is 0. The minimum absolute atomic E-state index is 0.160. The average Bonchev–Trinajstić information content (AvgIpc) is 2.79. The molecule has 1 aliphatic carbocycles. The zero-order valence-corrected chi connectivity index (χ0v) is 10.7. The molecule has 6 nitrogen and oxygen atoms in total. The molecule has 98 valence electrons. The molecule has 0 radical (unpaired) electrons. The van der Waals surface area contributed by atoms with Crippen LogP contribution in [0.1, 0.15) is 30.7 Å². The van der Waals surface area contributed by atoms with Crippen molar-refractivity contribution in [3.05, 3.63) is 11.4 Å². The van der Waals surface area contributed by atoms with Crippen LogP contribution in [0.15, 0.2) is 0 Å². The first-order chi connectivity index (χ1) is 8.58. The average molecular weight is 250 g/mol. The van der Waals surface area contributed by atoms with E-state index in [0.29, 0.717) is 12.5 Å². The van der Waals surface area contributed by atoms with E-state index in [1.54, 1.807) is 0 Å². The Morgan fingerprint density at radius 3 is 2.78 bits per heavy atom. The van der Waals surface area contributed by atoms with Crippen LogP contribution in [0.2, 0.25) is 0 Å². The summed E-state index contributed by atoms with van der Waals surface area (Å²) in [6.07, 6.45) is 2.70. The Morgan fingerprint density at radius 2 is 2.11 bits per heavy atom. The lowest BCUT2D eigenvalue weighted by atomic mass is 9.96. The summed E-state index contributed by atoms with van der Waals surface area (Å²) in [5, 5.41) is 20.1. The first-order valence-electron chi connectivity index (χ1n) is 6.22. The lowest BCUT2D eigenvalue weighted by molar-refractivity contribution is -0.142. The van der Waals surface area contributed by atoms with E-state index in [0.717, 1.165) is 30.7 Å². The quantitative estimate of drug-likeness (QED) is 0.839. The molecule has 2 N–H and O–H groups in total. The van der Waals surface area contributed by atoms with Crippen molar-refractivity contribution in [3.8, 4) is 0 Å². The Morgan fingerprint density at radius 1 is 1.33 bits per heavy atom. The number of nitrogens with one attached hydrogen (secondary N) is 1. The number of anilines is 1. The van der Waals surface area contributed by atoms with Gasteiger partial charge < -0.3 is 10.4 Å². The maximum absolute atomic E-state index is 11.1. The number of hydrogen-bond acceptors (Lipinski definition) is 5. The van der Waals surface area contributed by atoms with Gasteiger partial charge in [-0.05, 0) is 32.6 Å². The highest BCUT2D eigenvalue weighted by Gasteiger charge is 2.32. The van der Waals surface area contributed by atoms with Crippen molar-refractivity contribution >= 4 is 11.9 Å². The highest BCUT2D eigenvalue weighted by atomic mass is 16.4. The molecule has 1 aromatic heterocycles.